The van der Waals surface area contributed by atoms with Crippen LogP contribution in [0.25, 0.3) is 0 Å². The number of carboxylic acid groups (broad SMARTS) is 1. The van der Waals surface area contributed by atoms with Gasteiger partial charge in [-0.05, 0) is 6.92 Å². The van der Waals surface area contributed by atoms with Gasteiger partial charge in [-0.2, -0.15) is 8.78 Å². The Morgan fingerprint density at radius 2 is 2.10 bits per heavy atom. The van der Waals surface area contributed by atoms with Gasteiger partial charge in [0.1, 0.15) is 5.01 Å². The molecule has 1 atom stereocenters. The van der Waals surface area contributed by atoms with E-state index in [1.54, 1.807) is 5.32 Å². The Bertz CT molecular complexity index is 523. The van der Waals surface area contributed by atoms with Crippen molar-refractivity contribution in [3.8, 4) is 0 Å². The van der Waals surface area contributed by atoms with Gasteiger partial charge >= 0.3 is 24.3 Å². The number of aromatic carboxylic acids is 1. The average Bonchev–Trinajstić information content (AvgIpc) is 2.86. The van der Waals surface area contributed by atoms with Gasteiger partial charge in [-0.15, -0.1) is 11.3 Å². The van der Waals surface area contributed by atoms with E-state index >= 15 is 0 Å². The summed E-state index contributed by atoms with van der Waals surface area (Å²) >= 11 is 0.954. The number of carboxylic acids is 1. The zero-order valence-corrected chi connectivity index (χ0v) is 11.4. The van der Waals surface area contributed by atoms with Crippen molar-refractivity contribution >= 4 is 23.3 Å². The first-order valence-corrected chi connectivity index (χ1v) is 6.40. The summed E-state index contributed by atoms with van der Waals surface area (Å²) < 4.78 is 48.9. The van der Waals surface area contributed by atoms with Crippen molar-refractivity contribution in [3.63, 3.8) is 0 Å². The molecule has 3 N–H and O–H groups in total. The molecule has 0 aliphatic carbocycles. The van der Waals surface area contributed by atoms with Gasteiger partial charge in [-0.1, -0.05) is 0 Å². The van der Waals surface area contributed by atoms with Crippen LogP contribution in [0.5, 0.6) is 0 Å². The number of amides is 2. The molecule has 0 aromatic carbocycles. The zero-order chi connectivity index (χ0) is 16.2. The summed E-state index contributed by atoms with van der Waals surface area (Å²) in [7, 11) is 0. The van der Waals surface area contributed by atoms with Crippen molar-refractivity contribution < 1.29 is 32.3 Å². The molecule has 0 aliphatic heterocycles. The molecular weight excluding hydrogens is 318 g/mol. The average molecular weight is 329 g/mol. The van der Waals surface area contributed by atoms with Crippen LogP contribution >= 0.6 is 11.3 Å². The summed E-state index contributed by atoms with van der Waals surface area (Å²) in [4.78, 5) is 25.6. The van der Waals surface area contributed by atoms with Crippen LogP contribution in [0, 0.1) is 0 Å². The third kappa shape index (κ3) is 4.85. The molecule has 1 heterocycles. The van der Waals surface area contributed by atoms with Crippen LogP contribution in [0.4, 0.5) is 22.4 Å². The molecule has 0 spiro atoms. The Morgan fingerprint density at radius 1 is 1.48 bits per heavy atom. The number of carbonyl (C=O) groups excluding carboxylic acids is 1. The number of carbonyl (C=O) groups is 2. The second kappa shape index (κ2) is 6.70. The summed E-state index contributed by atoms with van der Waals surface area (Å²) in [5.74, 6) is -5.57. The molecule has 1 aromatic heterocycles. The molecule has 1 aromatic rings. The summed E-state index contributed by atoms with van der Waals surface area (Å²) in [5.41, 5.74) is -0.215. The normalized spacial score (nSPS) is 13.0. The van der Waals surface area contributed by atoms with E-state index in [2.05, 4.69) is 10.3 Å². The topological polar surface area (TPSA) is 91.3 Å². The zero-order valence-electron chi connectivity index (χ0n) is 10.6. The number of nitrogens with zero attached hydrogens (tertiary/aromatic N) is 1. The number of alkyl halides is 4. The van der Waals surface area contributed by atoms with Gasteiger partial charge in [-0.25, -0.2) is 23.4 Å². The minimum atomic E-state index is -4.32. The van der Waals surface area contributed by atoms with E-state index in [1.807, 2.05) is 0 Å². The SMILES string of the molecule is CC(NC(=O)NCC(F)(F)C(F)F)c1nc(C(=O)O)cs1. The highest BCUT2D eigenvalue weighted by Crippen LogP contribution is 2.21. The van der Waals surface area contributed by atoms with Gasteiger partial charge < -0.3 is 15.7 Å². The van der Waals surface area contributed by atoms with Gasteiger partial charge in [0.15, 0.2) is 5.69 Å². The predicted molar refractivity (Wildman–Crippen MR) is 65.0 cm³/mol. The Labute approximate surface area is 120 Å². The minimum Gasteiger partial charge on any atom is -0.476 e. The molecule has 21 heavy (non-hydrogen) atoms. The Balaban J connectivity index is 2.52. The second-order valence-electron chi connectivity index (χ2n) is 3.99. The molecule has 1 rings (SSSR count). The van der Waals surface area contributed by atoms with Crippen molar-refractivity contribution in [2.75, 3.05) is 6.54 Å². The number of halogens is 4. The van der Waals surface area contributed by atoms with Gasteiger partial charge in [0.05, 0.1) is 12.6 Å². The maximum atomic E-state index is 12.6. The van der Waals surface area contributed by atoms with E-state index in [0.29, 0.717) is 0 Å². The van der Waals surface area contributed by atoms with Crippen LogP contribution in [-0.4, -0.2) is 41.0 Å². The van der Waals surface area contributed by atoms with Crippen molar-refractivity contribution in [1.29, 1.82) is 0 Å². The number of rotatable bonds is 6. The molecule has 0 fully saturated rings. The number of hydrogen-bond acceptors (Lipinski definition) is 4. The van der Waals surface area contributed by atoms with Crippen LogP contribution in [0.2, 0.25) is 0 Å². The standard InChI is InChI=1S/C10H11F4N3O3S/c1-4(6-17-5(2-21-6)7(18)19)16-9(20)15-3-10(13,14)8(11)12/h2,4,8H,3H2,1H3,(H,18,19)(H2,15,16,20). The van der Waals surface area contributed by atoms with E-state index in [-0.39, 0.29) is 10.7 Å². The molecule has 6 nitrogen and oxygen atoms in total. The highest BCUT2D eigenvalue weighted by molar-refractivity contribution is 7.09. The van der Waals surface area contributed by atoms with E-state index in [9.17, 15) is 27.2 Å². The number of aromatic nitrogens is 1. The first-order valence-electron chi connectivity index (χ1n) is 5.52. The lowest BCUT2D eigenvalue weighted by molar-refractivity contribution is -0.123. The first kappa shape index (κ1) is 17.1. The molecule has 0 radical (unpaired) electrons. The third-order valence-corrected chi connectivity index (χ3v) is 3.29. The molecule has 118 valence electrons. The summed E-state index contributed by atoms with van der Waals surface area (Å²) in [5, 5.41) is 14.0. The lowest BCUT2D eigenvalue weighted by Gasteiger charge is -2.17. The van der Waals surface area contributed by atoms with Crippen LogP contribution in [0.1, 0.15) is 28.5 Å². The van der Waals surface area contributed by atoms with Crippen LogP contribution in [-0.2, 0) is 0 Å². The smallest absolute Gasteiger partial charge is 0.355 e. The molecule has 11 heteroatoms. The van der Waals surface area contributed by atoms with Crippen LogP contribution in [0.3, 0.4) is 0 Å². The summed E-state index contributed by atoms with van der Waals surface area (Å²) in [6, 6.07) is -1.85. The molecule has 1 unspecified atom stereocenters. The van der Waals surface area contributed by atoms with E-state index in [1.165, 1.54) is 12.3 Å². The predicted octanol–water partition coefficient (Wildman–Crippen LogP) is 2.10. The van der Waals surface area contributed by atoms with Gasteiger partial charge in [0, 0.05) is 5.38 Å². The van der Waals surface area contributed by atoms with Crippen molar-refractivity contribution in [2.45, 2.75) is 25.3 Å². The molecule has 0 aliphatic rings. The lowest BCUT2D eigenvalue weighted by atomic mass is 10.3. The molecule has 0 saturated carbocycles. The fourth-order valence-electron chi connectivity index (χ4n) is 1.17. The second-order valence-corrected chi connectivity index (χ2v) is 4.88. The monoisotopic (exact) mass is 329 g/mol. The van der Waals surface area contributed by atoms with Crippen molar-refractivity contribution in [3.05, 3.63) is 16.1 Å². The maximum absolute atomic E-state index is 12.6. The largest absolute Gasteiger partial charge is 0.476 e. The highest BCUT2D eigenvalue weighted by Gasteiger charge is 2.40. The lowest BCUT2D eigenvalue weighted by Crippen LogP contribution is -2.45. The number of urea groups is 1. The summed E-state index contributed by atoms with van der Waals surface area (Å²) in [6.45, 7) is -0.0727. The first-order chi connectivity index (χ1) is 9.63. The molecule has 0 saturated heterocycles. The van der Waals surface area contributed by atoms with E-state index in [4.69, 9.17) is 5.11 Å². The maximum Gasteiger partial charge on any atom is 0.355 e. The fraction of sp³-hybridized carbons (Fsp3) is 0.500. The van der Waals surface area contributed by atoms with E-state index < -0.39 is 36.9 Å². The van der Waals surface area contributed by atoms with Gasteiger partial charge in [-0.3, -0.25) is 0 Å². The Morgan fingerprint density at radius 3 is 2.57 bits per heavy atom. The van der Waals surface area contributed by atoms with Gasteiger partial charge in [0.25, 0.3) is 0 Å². The fourth-order valence-corrected chi connectivity index (χ4v) is 1.97. The summed E-state index contributed by atoms with van der Waals surface area (Å²) in [6.07, 6.45) is -3.88. The minimum absolute atomic E-state index is 0.215. The van der Waals surface area contributed by atoms with E-state index in [0.717, 1.165) is 11.3 Å². The molecule has 2 amide bonds. The highest BCUT2D eigenvalue weighted by atomic mass is 32.1. The Kier molecular flexibility index (Phi) is 5.47. The van der Waals surface area contributed by atoms with Crippen LogP contribution in [0.15, 0.2) is 5.38 Å². The third-order valence-electron chi connectivity index (χ3n) is 2.26. The number of nitrogens with one attached hydrogen (secondary N) is 2. The molecule has 0 bridgehead atoms. The van der Waals surface area contributed by atoms with Gasteiger partial charge in [0.2, 0.25) is 0 Å². The van der Waals surface area contributed by atoms with Crippen molar-refractivity contribution in [2.24, 2.45) is 0 Å². The Hall–Kier alpha value is -1.91. The quantitative estimate of drug-likeness (QED) is 0.697. The van der Waals surface area contributed by atoms with Crippen LogP contribution < -0.4 is 10.6 Å². The number of hydrogen-bond donors (Lipinski definition) is 3. The number of thiazole rings is 1. The van der Waals surface area contributed by atoms with Crippen molar-refractivity contribution in [1.82, 2.24) is 15.6 Å². The molecular formula is C10H11F4N3O3S.